The molecule has 0 heterocycles. The molecule has 0 aromatic heterocycles. The Kier molecular flexibility index (Phi) is 4.79. The van der Waals surface area contributed by atoms with E-state index in [-0.39, 0.29) is 6.61 Å². The van der Waals surface area contributed by atoms with Crippen LogP contribution in [0.3, 0.4) is 0 Å². The van der Waals surface area contributed by atoms with Crippen molar-refractivity contribution in [3.8, 4) is 5.75 Å². The minimum absolute atomic E-state index is 0.188. The third-order valence-electron chi connectivity index (χ3n) is 1.73. The number of rotatable bonds is 5. The Morgan fingerprint density at radius 3 is 2.69 bits per heavy atom. The van der Waals surface area contributed by atoms with Gasteiger partial charge in [0.25, 0.3) is 0 Å². The maximum Gasteiger partial charge on any atom is 0.349 e. The highest BCUT2D eigenvalue weighted by Crippen LogP contribution is 2.16. The largest absolute Gasteiger partial charge is 0.497 e. The topological polar surface area (TPSA) is 47.9 Å². The van der Waals surface area contributed by atoms with Crippen LogP contribution in [0.2, 0.25) is 0 Å². The number of methoxy groups -OCH3 is 1. The van der Waals surface area contributed by atoms with Crippen molar-refractivity contribution in [2.75, 3.05) is 13.7 Å². The van der Waals surface area contributed by atoms with Crippen LogP contribution in [0.5, 0.6) is 5.75 Å². The predicted octanol–water partition coefficient (Wildman–Crippen LogP) is 2.13. The summed E-state index contributed by atoms with van der Waals surface area (Å²) in [4.78, 5) is 15.0. The van der Waals surface area contributed by atoms with E-state index in [1.54, 1.807) is 31.4 Å². The van der Waals surface area contributed by atoms with Gasteiger partial charge >= 0.3 is 5.97 Å². The average molecular weight is 219 g/mol. The molecule has 0 atom stereocenters. The zero-order valence-corrected chi connectivity index (χ0v) is 9.05. The molecule has 0 amide bonds. The summed E-state index contributed by atoms with van der Waals surface area (Å²) in [6, 6.07) is 7.02. The van der Waals surface area contributed by atoms with Gasteiger partial charge in [0.15, 0.2) is 0 Å². The summed E-state index contributed by atoms with van der Waals surface area (Å²) in [5.41, 5.74) is 0.663. The van der Waals surface area contributed by atoms with Gasteiger partial charge < -0.3 is 9.47 Å². The van der Waals surface area contributed by atoms with Crippen LogP contribution in [-0.4, -0.2) is 25.9 Å². The normalized spacial score (nSPS) is 10.1. The molecule has 0 unspecified atom stereocenters. The van der Waals surface area contributed by atoms with Crippen LogP contribution in [0.25, 0.3) is 0 Å². The van der Waals surface area contributed by atoms with Gasteiger partial charge in [0.05, 0.1) is 12.8 Å². The minimum atomic E-state index is -0.490. The number of ether oxygens (including phenoxy) is 2. The van der Waals surface area contributed by atoms with Crippen molar-refractivity contribution in [2.45, 2.75) is 0 Å². The van der Waals surface area contributed by atoms with Gasteiger partial charge in [-0.25, -0.2) is 9.79 Å². The molecule has 4 nitrogen and oxygen atoms in total. The van der Waals surface area contributed by atoms with Crippen molar-refractivity contribution in [3.05, 3.63) is 36.9 Å². The van der Waals surface area contributed by atoms with Gasteiger partial charge in [-0.3, -0.25) is 0 Å². The Morgan fingerprint density at radius 2 is 2.12 bits per heavy atom. The van der Waals surface area contributed by atoms with E-state index in [0.29, 0.717) is 5.69 Å². The summed E-state index contributed by atoms with van der Waals surface area (Å²) in [5, 5.41) is 0. The van der Waals surface area contributed by atoms with Crippen LogP contribution in [0.15, 0.2) is 41.9 Å². The van der Waals surface area contributed by atoms with Gasteiger partial charge in [-0.2, -0.15) is 0 Å². The lowest BCUT2D eigenvalue weighted by Crippen LogP contribution is -2.04. The predicted molar refractivity (Wildman–Crippen MR) is 62.3 cm³/mol. The number of aliphatic imine (C=N–C) groups is 1. The summed E-state index contributed by atoms with van der Waals surface area (Å²) in [6.45, 7) is 3.62. The third kappa shape index (κ3) is 3.96. The van der Waals surface area contributed by atoms with E-state index in [2.05, 4.69) is 11.6 Å². The highest BCUT2D eigenvalue weighted by Gasteiger charge is 1.96. The molecule has 0 aliphatic heterocycles. The zero-order valence-electron chi connectivity index (χ0n) is 9.05. The second-order valence-electron chi connectivity index (χ2n) is 2.87. The van der Waals surface area contributed by atoms with Gasteiger partial charge in [-0.05, 0) is 24.3 Å². The fourth-order valence-electron chi connectivity index (χ4n) is 0.974. The molecule has 1 aromatic carbocycles. The molecule has 16 heavy (non-hydrogen) atoms. The van der Waals surface area contributed by atoms with Crippen molar-refractivity contribution in [1.29, 1.82) is 0 Å². The SMILES string of the molecule is C=CCOC(=O)C=Nc1ccc(OC)cc1. The summed E-state index contributed by atoms with van der Waals surface area (Å²) < 4.78 is 9.72. The molecule has 0 saturated heterocycles. The standard InChI is InChI=1S/C12H13NO3/c1-3-8-16-12(14)9-13-10-4-6-11(15-2)7-5-10/h3-7,9H,1,8H2,2H3. The number of carbonyl (C=O) groups excluding carboxylic acids is 1. The molecule has 4 heteroatoms. The molecule has 1 aromatic rings. The highest BCUT2D eigenvalue weighted by atomic mass is 16.5. The third-order valence-corrected chi connectivity index (χ3v) is 1.73. The van der Waals surface area contributed by atoms with Gasteiger partial charge in [0.2, 0.25) is 0 Å². The first-order valence-electron chi connectivity index (χ1n) is 4.72. The van der Waals surface area contributed by atoms with E-state index in [9.17, 15) is 4.79 Å². The number of esters is 1. The van der Waals surface area contributed by atoms with E-state index >= 15 is 0 Å². The second kappa shape index (κ2) is 6.40. The van der Waals surface area contributed by atoms with Crippen LogP contribution in [-0.2, 0) is 9.53 Å². The van der Waals surface area contributed by atoms with E-state index in [1.807, 2.05) is 0 Å². The molecule has 0 saturated carbocycles. The Balaban J connectivity index is 2.55. The van der Waals surface area contributed by atoms with Crippen LogP contribution < -0.4 is 4.74 Å². The monoisotopic (exact) mass is 219 g/mol. The molecule has 84 valence electrons. The highest BCUT2D eigenvalue weighted by molar-refractivity contribution is 6.23. The van der Waals surface area contributed by atoms with Crippen LogP contribution in [0.1, 0.15) is 0 Å². The fourth-order valence-corrected chi connectivity index (χ4v) is 0.974. The van der Waals surface area contributed by atoms with Crippen molar-refractivity contribution in [1.82, 2.24) is 0 Å². The lowest BCUT2D eigenvalue weighted by atomic mass is 10.3. The lowest BCUT2D eigenvalue weighted by molar-refractivity contribution is -0.133. The van der Waals surface area contributed by atoms with Crippen molar-refractivity contribution in [3.63, 3.8) is 0 Å². The van der Waals surface area contributed by atoms with Gasteiger partial charge in [-0.15, -0.1) is 0 Å². The maximum atomic E-state index is 11.1. The first-order valence-corrected chi connectivity index (χ1v) is 4.72. The van der Waals surface area contributed by atoms with Crippen molar-refractivity contribution < 1.29 is 14.3 Å². The summed E-state index contributed by atoms with van der Waals surface area (Å²) >= 11 is 0. The maximum absolute atomic E-state index is 11.1. The van der Waals surface area contributed by atoms with E-state index in [4.69, 9.17) is 9.47 Å². The van der Waals surface area contributed by atoms with Crippen molar-refractivity contribution in [2.24, 2.45) is 4.99 Å². The molecular formula is C12H13NO3. The van der Waals surface area contributed by atoms with E-state index in [0.717, 1.165) is 12.0 Å². The van der Waals surface area contributed by atoms with Crippen molar-refractivity contribution >= 4 is 17.9 Å². The number of hydrogen-bond acceptors (Lipinski definition) is 4. The van der Waals surface area contributed by atoms with Gasteiger partial charge in [0.1, 0.15) is 18.6 Å². The number of carbonyl (C=O) groups is 1. The smallest absolute Gasteiger partial charge is 0.349 e. The molecule has 0 aliphatic carbocycles. The van der Waals surface area contributed by atoms with Gasteiger partial charge in [0, 0.05) is 0 Å². The van der Waals surface area contributed by atoms with Gasteiger partial charge in [-0.1, -0.05) is 12.7 Å². The molecule has 1 rings (SSSR count). The molecule has 0 spiro atoms. The Labute approximate surface area is 94.2 Å². The average Bonchev–Trinajstić information content (AvgIpc) is 2.34. The summed E-state index contributed by atoms with van der Waals surface area (Å²) in [5.74, 6) is 0.254. The Hall–Kier alpha value is -2.10. The molecule has 0 N–H and O–H groups in total. The fraction of sp³-hybridized carbons (Fsp3) is 0.167. The first-order chi connectivity index (χ1) is 7.76. The molecular weight excluding hydrogens is 206 g/mol. The van der Waals surface area contributed by atoms with E-state index < -0.39 is 5.97 Å². The molecule has 0 radical (unpaired) electrons. The van der Waals surface area contributed by atoms with Crippen LogP contribution in [0.4, 0.5) is 5.69 Å². The molecule has 0 fully saturated rings. The number of hydrogen-bond donors (Lipinski definition) is 0. The zero-order chi connectivity index (χ0) is 11.8. The Morgan fingerprint density at radius 1 is 1.44 bits per heavy atom. The summed E-state index contributed by atoms with van der Waals surface area (Å²) in [7, 11) is 1.59. The molecule has 0 aliphatic rings. The van der Waals surface area contributed by atoms with Crippen LogP contribution in [0, 0.1) is 0 Å². The number of benzene rings is 1. The number of nitrogens with zero attached hydrogens (tertiary/aromatic N) is 1. The first kappa shape index (κ1) is 12.0. The van der Waals surface area contributed by atoms with Crippen LogP contribution >= 0.6 is 0 Å². The van der Waals surface area contributed by atoms with E-state index in [1.165, 1.54) is 6.08 Å². The quantitative estimate of drug-likeness (QED) is 0.433. The second-order valence-corrected chi connectivity index (χ2v) is 2.87. The summed E-state index contributed by atoms with van der Waals surface area (Å²) in [6.07, 6.45) is 2.63. The lowest BCUT2D eigenvalue weighted by Gasteiger charge is -1.98. The minimum Gasteiger partial charge on any atom is -0.497 e. The Bertz CT molecular complexity index is 382. The molecule has 0 bridgehead atoms.